The van der Waals surface area contributed by atoms with Crippen LogP contribution in [0.3, 0.4) is 0 Å². The molecule has 0 bridgehead atoms. The fourth-order valence-electron chi connectivity index (χ4n) is 2.38. The van der Waals surface area contributed by atoms with E-state index in [4.69, 9.17) is 0 Å². The number of fused-ring (bicyclic) bond motifs is 1. The fourth-order valence-corrected chi connectivity index (χ4v) is 2.38. The van der Waals surface area contributed by atoms with Crippen LogP contribution >= 0.6 is 0 Å². The minimum atomic E-state index is -0.260. The van der Waals surface area contributed by atoms with E-state index in [1.165, 1.54) is 5.56 Å². The molecule has 0 unspecified atom stereocenters. The Morgan fingerprint density at radius 3 is 2.48 bits per heavy atom. The standard InChI is InChI=1S/C20H18N2O/c1-15-9-11-16(12-10-15)13-14-21-20(23)22-19-8-4-6-17-5-2-3-7-18(17)19/h2-14H,1H3,(H2,21,22,23)/b14-13+. The molecule has 0 aromatic heterocycles. The van der Waals surface area contributed by atoms with Crippen LogP contribution in [0.1, 0.15) is 11.1 Å². The van der Waals surface area contributed by atoms with Gasteiger partial charge in [0.1, 0.15) is 0 Å². The Balaban J connectivity index is 1.66. The zero-order valence-corrected chi connectivity index (χ0v) is 12.9. The number of carbonyl (C=O) groups is 1. The lowest BCUT2D eigenvalue weighted by Crippen LogP contribution is -2.23. The van der Waals surface area contributed by atoms with E-state index in [0.717, 1.165) is 22.0 Å². The molecule has 0 fully saturated rings. The molecule has 3 aromatic carbocycles. The van der Waals surface area contributed by atoms with Gasteiger partial charge in [0.2, 0.25) is 0 Å². The molecular formula is C20H18N2O. The van der Waals surface area contributed by atoms with Gasteiger partial charge in [-0.05, 0) is 30.0 Å². The van der Waals surface area contributed by atoms with Gasteiger partial charge < -0.3 is 10.6 Å². The van der Waals surface area contributed by atoms with Gasteiger partial charge in [-0.3, -0.25) is 0 Å². The normalized spacial score (nSPS) is 10.8. The Labute approximate surface area is 135 Å². The van der Waals surface area contributed by atoms with E-state index < -0.39 is 0 Å². The summed E-state index contributed by atoms with van der Waals surface area (Å²) in [5.74, 6) is 0. The predicted molar refractivity (Wildman–Crippen MR) is 96.3 cm³/mol. The van der Waals surface area contributed by atoms with Crippen molar-refractivity contribution in [2.24, 2.45) is 0 Å². The number of nitrogens with one attached hydrogen (secondary N) is 2. The summed E-state index contributed by atoms with van der Waals surface area (Å²) in [6, 6.07) is 21.6. The number of carbonyl (C=O) groups excluding carboxylic acids is 1. The van der Waals surface area contributed by atoms with Crippen LogP contribution in [0, 0.1) is 6.92 Å². The number of hydrogen-bond acceptors (Lipinski definition) is 1. The van der Waals surface area contributed by atoms with Crippen LogP contribution in [0.15, 0.2) is 72.9 Å². The Morgan fingerprint density at radius 1 is 0.913 bits per heavy atom. The summed E-state index contributed by atoms with van der Waals surface area (Å²) in [6.07, 6.45) is 3.51. The third kappa shape index (κ3) is 3.77. The molecule has 3 nitrogen and oxygen atoms in total. The topological polar surface area (TPSA) is 41.1 Å². The highest BCUT2D eigenvalue weighted by molar-refractivity contribution is 6.01. The monoisotopic (exact) mass is 302 g/mol. The van der Waals surface area contributed by atoms with E-state index in [1.807, 2.05) is 79.7 Å². The molecule has 3 aromatic rings. The van der Waals surface area contributed by atoms with Crippen molar-refractivity contribution < 1.29 is 4.79 Å². The van der Waals surface area contributed by atoms with Crippen molar-refractivity contribution in [1.29, 1.82) is 0 Å². The molecule has 2 N–H and O–H groups in total. The van der Waals surface area contributed by atoms with E-state index >= 15 is 0 Å². The third-order valence-electron chi connectivity index (χ3n) is 3.61. The largest absolute Gasteiger partial charge is 0.323 e. The van der Waals surface area contributed by atoms with Crippen LogP contribution in [-0.4, -0.2) is 6.03 Å². The lowest BCUT2D eigenvalue weighted by atomic mass is 10.1. The SMILES string of the molecule is Cc1ccc(/C=C/NC(=O)Nc2cccc3ccccc23)cc1. The number of benzene rings is 3. The summed E-state index contributed by atoms with van der Waals surface area (Å²) in [5, 5.41) is 7.73. The first kappa shape index (κ1) is 14.9. The van der Waals surface area contributed by atoms with Crippen LogP contribution < -0.4 is 10.6 Å². The first-order chi connectivity index (χ1) is 11.2. The lowest BCUT2D eigenvalue weighted by Gasteiger charge is -2.08. The van der Waals surface area contributed by atoms with Gasteiger partial charge in [-0.2, -0.15) is 0 Å². The smallest absolute Gasteiger partial charge is 0.314 e. The highest BCUT2D eigenvalue weighted by atomic mass is 16.2. The van der Waals surface area contributed by atoms with Crippen LogP contribution in [-0.2, 0) is 0 Å². The second-order valence-corrected chi connectivity index (χ2v) is 5.37. The highest BCUT2D eigenvalue weighted by Crippen LogP contribution is 2.22. The van der Waals surface area contributed by atoms with Crippen molar-refractivity contribution in [2.75, 3.05) is 5.32 Å². The lowest BCUT2D eigenvalue weighted by molar-refractivity contribution is 0.255. The van der Waals surface area contributed by atoms with E-state index in [0.29, 0.717) is 0 Å². The summed E-state index contributed by atoms with van der Waals surface area (Å²) in [7, 11) is 0. The third-order valence-corrected chi connectivity index (χ3v) is 3.61. The van der Waals surface area contributed by atoms with Crippen molar-refractivity contribution in [3.63, 3.8) is 0 Å². The minimum absolute atomic E-state index is 0.260. The number of rotatable bonds is 3. The predicted octanol–water partition coefficient (Wildman–Crippen LogP) is 4.94. The van der Waals surface area contributed by atoms with Gasteiger partial charge in [0.25, 0.3) is 0 Å². The fraction of sp³-hybridized carbons (Fsp3) is 0.0500. The van der Waals surface area contributed by atoms with Crippen molar-refractivity contribution in [3.05, 3.63) is 84.1 Å². The van der Waals surface area contributed by atoms with Gasteiger partial charge in [-0.25, -0.2) is 4.79 Å². The second-order valence-electron chi connectivity index (χ2n) is 5.37. The summed E-state index contributed by atoms with van der Waals surface area (Å²) in [6.45, 7) is 2.05. The number of aryl methyl sites for hydroxylation is 1. The molecule has 0 aliphatic heterocycles. The molecule has 3 heteroatoms. The zero-order chi connectivity index (χ0) is 16.1. The minimum Gasteiger partial charge on any atom is -0.314 e. The summed E-state index contributed by atoms with van der Waals surface area (Å²) in [4.78, 5) is 12.0. The Morgan fingerprint density at radius 2 is 1.65 bits per heavy atom. The van der Waals surface area contributed by atoms with E-state index in [-0.39, 0.29) is 6.03 Å². The molecule has 0 heterocycles. The van der Waals surface area contributed by atoms with Crippen LogP contribution in [0.5, 0.6) is 0 Å². The quantitative estimate of drug-likeness (QED) is 0.707. The number of hydrogen-bond donors (Lipinski definition) is 2. The molecule has 0 radical (unpaired) electrons. The molecule has 0 aliphatic carbocycles. The molecule has 3 rings (SSSR count). The van der Waals surface area contributed by atoms with Crippen molar-refractivity contribution in [3.8, 4) is 0 Å². The average molecular weight is 302 g/mol. The molecular weight excluding hydrogens is 284 g/mol. The average Bonchev–Trinajstić information content (AvgIpc) is 2.57. The zero-order valence-electron chi connectivity index (χ0n) is 12.9. The van der Waals surface area contributed by atoms with E-state index in [2.05, 4.69) is 10.6 Å². The summed E-state index contributed by atoms with van der Waals surface area (Å²) in [5.41, 5.74) is 3.05. The summed E-state index contributed by atoms with van der Waals surface area (Å²) >= 11 is 0. The molecule has 0 saturated carbocycles. The maximum absolute atomic E-state index is 12.0. The molecule has 114 valence electrons. The maximum Gasteiger partial charge on any atom is 0.323 e. The van der Waals surface area contributed by atoms with Gasteiger partial charge in [-0.1, -0.05) is 66.2 Å². The van der Waals surface area contributed by atoms with Gasteiger partial charge in [0.15, 0.2) is 0 Å². The van der Waals surface area contributed by atoms with Crippen LogP contribution in [0.25, 0.3) is 16.8 Å². The number of amides is 2. The molecule has 2 amide bonds. The summed E-state index contributed by atoms with van der Waals surface area (Å²) < 4.78 is 0. The second kappa shape index (κ2) is 6.79. The first-order valence-electron chi connectivity index (χ1n) is 7.51. The van der Waals surface area contributed by atoms with Crippen LogP contribution in [0.4, 0.5) is 10.5 Å². The van der Waals surface area contributed by atoms with Crippen molar-refractivity contribution >= 4 is 28.6 Å². The van der Waals surface area contributed by atoms with Crippen molar-refractivity contribution in [1.82, 2.24) is 5.32 Å². The molecule has 0 atom stereocenters. The Kier molecular flexibility index (Phi) is 4.39. The van der Waals surface area contributed by atoms with E-state index in [1.54, 1.807) is 6.20 Å². The number of urea groups is 1. The molecule has 0 aliphatic rings. The molecule has 0 saturated heterocycles. The molecule has 0 spiro atoms. The van der Waals surface area contributed by atoms with E-state index in [9.17, 15) is 4.79 Å². The number of anilines is 1. The van der Waals surface area contributed by atoms with Crippen molar-refractivity contribution in [2.45, 2.75) is 6.92 Å². The van der Waals surface area contributed by atoms with Gasteiger partial charge in [0.05, 0.1) is 5.69 Å². The first-order valence-corrected chi connectivity index (χ1v) is 7.51. The van der Waals surface area contributed by atoms with Gasteiger partial charge in [-0.15, -0.1) is 0 Å². The highest BCUT2D eigenvalue weighted by Gasteiger charge is 2.03. The maximum atomic E-state index is 12.0. The molecule has 23 heavy (non-hydrogen) atoms. The van der Waals surface area contributed by atoms with Gasteiger partial charge >= 0.3 is 6.03 Å². The van der Waals surface area contributed by atoms with Gasteiger partial charge in [0, 0.05) is 11.6 Å². The Bertz CT molecular complexity index is 846. The van der Waals surface area contributed by atoms with Crippen LogP contribution in [0.2, 0.25) is 0 Å². The Hall–Kier alpha value is -3.07.